The van der Waals surface area contributed by atoms with Crippen LogP contribution in [0.3, 0.4) is 0 Å². The lowest BCUT2D eigenvalue weighted by Crippen LogP contribution is -2.19. The van der Waals surface area contributed by atoms with Crippen LogP contribution in [0.4, 0.5) is 0 Å². The second kappa shape index (κ2) is 8.28. The Kier molecular flexibility index (Phi) is 6.37. The summed E-state index contributed by atoms with van der Waals surface area (Å²) in [4.78, 5) is 0. The van der Waals surface area contributed by atoms with Crippen molar-refractivity contribution >= 4 is 0 Å². The topological polar surface area (TPSA) is 30.5 Å². The van der Waals surface area contributed by atoms with E-state index in [2.05, 4.69) is 31.3 Å². The standard InChI is InChI=1S/C18H29NO2/c1-14(2)11-19-12-16-8-9-17(18(10-16)20-3)21-13-15-6-4-5-7-15/h8-10,14-15,19H,4-7,11-13H2,1-3H3. The van der Waals surface area contributed by atoms with E-state index in [4.69, 9.17) is 9.47 Å². The van der Waals surface area contributed by atoms with Gasteiger partial charge in [0.25, 0.3) is 0 Å². The third kappa shape index (κ3) is 5.24. The Morgan fingerprint density at radius 1 is 1.19 bits per heavy atom. The number of hydrogen-bond donors (Lipinski definition) is 1. The van der Waals surface area contributed by atoms with Gasteiger partial charge < -0.3 is 14.8 Å². The molecule has 1 saturated carbocycles. The van der Waals surface area contributed by atoms with Gasteiger partial charge in [-0.1, -0.05) is 32.8 Å². The summed E-state index contributed by atoms with van der Waals surface area (Å²) in [6.45, 7) is 7.15. The van der Waals surface area contributed by atoms with E-state index in [1.807, 2.05) is 6.07 Å². The fourth-order valence-corrected chi connectivity index (χ4v) is 2.83. The van der Waals surface area contributed by atoms with Gasteiger partial charge in [-0.05, 0) is 48.9 Å². The molecule has 1 aromatic rings. The second-order valence-corrected chi connectivity index (χ2v) is 6.47. The van der Waals surface area contributed by atoms with E-state index >= 15 is 0 Å². The molecule has 0 radical (unpaired) electrons. The molecule has 0 bridgehead atoms. The third-order valence-corrected chi connectivity index (χ3v) is 4.06. The Morgan fingerprint density at radius 2 is 1.95 bits per heavy atom. The molecule has 0 atom stereocenters. The van der Waals surface area contributed by atoms with Crippen LogP contribution in [0, 0.1) is 11.8 Å². The molecule has 1 fully saturated rings. The SMILES string of the molecule is COc1cc(CNCC(C)C)ccc1OCC1CCCC1. The fraction of sp³-hybridized carbons (Fsp3) is 0.667. The highest BCUT2D eigenvalue weighted by Crippen LogP contribution is 2.31. The molecule has 1 aliphatic carbocycles. The van der Waals surface area contributed by atoms with Gasteiger partial charge in [0.15, 0.2) is 11.5 Å². The summed E-state index contributed by atoms with van der Waals surface area (Å²) in [5, 5.41) is 3.45. The van der Waals surface area contributed by atoms with Crippen LogP contribution in [0.15, 0.2) is 18.2 Å². The van der Waals surface area contributed by atoms with Gasteiger partial charge in [0, 0.05) is 6.54 Å². The minimum Gasteiger partial charge on any atom is -0.493 e. The normalized spacial score (nSPS) is 15.6. The van der Waals surface area contributed by atoms with Crippen LogP contribution >= 0.6 is 0 Å². The van der Waals surface area contributed by atoms with Crippen LogP contribution in [-0.4, -0.2) is 20.3 Å². The van der Waals surface area contributed by atoms with Crippen LogP contribution in [0.1, 0.15) is 45.1 Å². The molecule has 3 nitrogen and oxygen atoms in total. The Hall–Kier alpha value is -1.22. The van der Waals surface area contributed by atoms with Gasteiger partial charge in [-0.25, -0.2) is 0 Å². The zero-order valence-electron chi connectivity index (χ0n) is 13.7. The van der Waals surface area contributed by atoms with Crippen molar-refractivity contribution in [3.05, 3.63) is 23.8 Å². The number of methoxy groups -OCH3 is 1. The van der Waals surface area contributed by atoms with Crippen molar-refractivity contribution in [3.63, 3.8) is 0 Å². The lowest BCUT2D eigenvalue weighted by atomic mass is 10.1. The van der Waals surface area contributed by atoms with Gasteiger partial charge in [0.05, 0.1) is 13.7 Å². The Labute approximate surface area is 129 Å². The second-order valence-electron chi connectivity index (χ2n) is 6.47. The van der Waals surface area contributed by atoms with E-state index < -0.39 is 0 Å². The van der Waals surface area contributed by atoms with Gasteiger partial charge in [-0.2, -0.15) is 0 Å². The van der Waals surface area contributed by atoms with Crippen molar-refractivity contribution in [3.8, 4) is 11.5 Å². The Morgan fingerprint density at radius 3 is 2.62 bits per heavy atom. The molecule has 2 rings (SSSR count). The molecular weight excluding hydrogens is 262 g/mol. The number of nitrogens with one attached hydrogen (secondary N) is 1. The smallest absolute Gasteiger partial charge is 0.161 e. The van der Waals surface area contributed by atoms with Crippen LogP contribution in [0.25, 0.3) is 0 Å². The Balaban J connectivity index is 1.88. The minimum atomic E-state index is 0.668. The predicted octanol–water partition coefficient (Wildman–Crippen LogP) is 4.01. The minimum absolute atomic E-state index is 0.668. The Bertz CT molecular complexity index is 425. The molecule has 3 heteroatoms. The van der Waals surface area contributed by atoms with Crippen molar-refractivity contribution in [2.45, 2.75) is 46.1 Å². The maximum Gasteiger partial charge on any atom is 0.161 e. The zero-order chi connectivity index (χ0) is 15.1. The quantitative estimate of drug-likeness (QED) is 0.785. The number of rotatable bonds is 8. The van der Waals surface area contributed by atoms with Crippen LogP contribution in [0.5, 0.6) is 11.5 Å². The van der Waals surface area contributed by atoms with Gasteiger partial charge in [0.2, 0.25) is 0 Å². The van der Waals surface area contributed by atoms with E-state index in [1.54, 1.807) is 7.11 Å². The zero-order valence-corrected chi connectivity index (χ0v) is 13.7. The monoisotopic (exact) mass is 291 g/mol. The molecule has 1 aliphatic rings. The molecule has 1 N–H and O–H groups in total. The van der Waals surface area contributed by atoms with E-state index in [1.165, 1.54) is 31.2 Å². The maximum atomic E-state index is 5.96. The van der Waals surface area contributed by atoms with Crippen LogP contribution in [0.2, 0.25) is 0 Å². The van der Waals surface area contributed by atoms with Gasteiger partial charge in [0.1, 0.15) is 0 Å². The summed E-state index contributed by atoms with van der Waals surface area (Å²) in [5.41, 5.74) is 1.24. The van der Waals surface area contributed by atoms with E-state index in [-0.39, 0.29) is 0 Å². The summed E-state index contributed by atoms with van der Waals surface area (Å²) < 4.78 is 11.4. The molecule has 0 aliphatic heterocycles. The highest BCUT2D eigenvalue weighted by Gasteiger charge is 2.16. The molecule has 0 amide bonds. The first-order chi connectivity index (χ1) is 10.2. The first kappa shape index (κ1) is 16.2. The van der Waals surface area contributed by atoms with E-state index in [0.717, 1.165) is 37.1 Å². The third-order valence-electron chi connectivity index (χ3n) is 4.06. The van der Waals surface area contributed by atoms with E-state index in [9.17, 15) is 0 Å². The fourth-order valence-electron chi connectivity index (χ4n) is 2.83. The molecule has 0 heterocycles. The van der Waals surface area contributed by atoms with Gasteiger partial charge in [-0.15, -0.1) is 0 Å². The predicted molar refractivity (Wildman–Crippen MR) is 87.0 cm³/mol. The summed E-state index contributed by atoms with van der Waals surface area (Å²) in [6.07, 6.45) is 5.32. The molecule has 0 spiro atoms. The van der Waals surface area contributed by atoms with Crippen molar-refractivity contribution in [1.29, 1.82) is 0 Å². The number of ether oxygens (including phenoxy) is 2. The molecular formula is C18H29NO2. The van der Waals surface area contributed by atoms with Crippen molar-refractivity contribution in [2.75, 3.05) is 20.3 Å². The summed E-state index contributed by atoms with van der Waals surface area (Å²) >= 11 is 0. The molecule has 0 aromatic heterocycles. The molecule has 118 valence electrons. The van der Waals surface area contributed by atoms with Crippen LogP contribution in [-0.2, 0) is 6.54 Å². The highest BCUT2D eigenvalue weighted by atomic mass is 16.5. The number of hydrogen-bond acceptors (Lipinski definition) is 3. The average Bonchev–Trinajstić information content (AvgIpc) is 2.98. The molecule has 1 aromatic carbocycles. The molecule has 0 saturated heterocycles. The van der Waals surface area contributed by atoms with E-state index in [0.29, 0.717) is 5.92 Å². The summed E-state index contributed by atoms with van der Waals surface area (Å²) in [6, 6.07) is 6.25. The van der Waals surface area contributed by atoms with Gasteiger partial charge in [-0.3, -0.25) is 0 Å². The average molecular weight is 291 g/mol. The van der Waals surface area contributed by atoms with Crippen molar-refractivity contribution in [2.24, 2.45) is 11.8 Å². The number of benzene rings is 1. The lowest BCUT2D eigenvalue weighted by molar-refractivity contribution is 0.240. The van der Waals surface area contributed by atoms with Gasteiger partial charge >= 0.3 is 0 Å². The molecule has 21 heavy (non-hydrogen) atoms. The first-order valence-electron chi connectivity index (χ1n) is 8.19. The molecule has 0 unspecified atom stereocenters. The van der Waals surface area contributed by atoms with Crippen LogP contribution < -0.4 is 14.8 Å². The lowest BCUT2D eigenvalue weighted by Gasteiger charge is -2.15. The van der Waals surface area contributed by atoms with Crippen molar-refractivity contribution in [1.82, 2.24) is 5.32 Å². The highest BCUT2D eigenvalue weighted by molar-refractivity contribution is 5.43. The summed E-state index contributed by atoms with van der Waals surface area (Å²) in [5.74, 6) is 3.11. The summed E-state index contributed by atoms with van der Waals surface area (Å²) in [7, 11) is 1.71. The van der Waals surface area contributed by atoms with Crippen molar-refractivity contribution < 1.29 is 9.47 Å². The maximum absolute atomic E-state index is 5.96. The first-order valence-corrected chi connectivity index (χ1v) is 8.19. The largest absolute Gasteiger partial charge is 0.493 e.